The zero-order valence-corrected chi connectivity index (χ0v) is 15.2. The molecule has 0 unspecified atom stereocenters. The smallest absolute Gasteiger partial charge is 0.251 e. The van der Waals surface area contributed by atoms with Crippen LogP contribution in [0.15, 0.2) is 42.5 Å². The summed E-state index contributed by atoms with van der Waals surface area (Å²) in [5, 5.41) is 3.02. The number of carbonyl (C=O) groups excluding carboxylic acids is 1. The molecular formula is C21H26N2O2. The van der Waals surface area contributed by atoms with Crippen molar-refractivity contribution in [3.8, 4) is 5.75 Å². The first-order valence-electron chi connectivity index (χ1n) is 8.87. The lowest BCUT2D eigenvalue weighted by molar-refractivity contribution is 0.0953. The van der Waals surface area contributed by atoms with Crippen molar-refractivity contribution in [3.05, 3.63) is 59.2 Å². The lowest BCUT2D eigenvalue weighted by atomic mass is 10.1. The standard InChI is InChI=1S/C21H26N2O2/c1-15-13-18(9-10-20(15)25-3)21(24)22-11-6-12-23-16(2)14-17-7-4-5-8-19(17)23/h4-5,7-10,13,16H,6,11-12,14H2,1-3H3,(H,22,24)/t16-/m0/s1. The summed E-state index contributed by atoms with van der Waals surface area (Å²) in [6.45, 7) is 5.84. The maximum atomic E-state index is 12.3. The fraction of sp³-hybridized carbons (Fsp3) is 0.381. The number of ether oxygens (including phenoxy) is 1. The molecule has 3 rings (SSSR count). The maximum Gasteiger partial charge on any atom is 0.251 e. The van der Waals surface area contributed by atoms with Crippen LogP contribution in [0.4, 0.5) is 5.69 Å². The molecule has 25 heavy (non-hydrogen) atoms. The van der Waals surface area contributed by atoms with Crippen molar-refractivity contribution >= 4 is 11.6 Å². The number of rotatable bonds is 6. The van der Waals surface area contributed by atoms with Gasteiger partial charge in [0.2, 0.25) is 0 Å². The molecule has 1 aliphatic rings. The molecule has 1 atom stereocenters. The predicted octanol–water partition coefficient (Wildman–Crippen LogP) is 3.57. The zero-order valence-electron chi connectivity index (χ0n) is 15.2. The van der Waals surface area contributed by atoms with Gasteiger partial charge in [0, 0.05) is 30.4 Å². The molecule has 1 heterocycles. The number of hydrogen-bond acceptors (Lipinski definition) is 3. The fourth-order valence-corrected chi connectivity index (χ4v) is 3.54. The lowest BCUT2D eigenvalue weighted by Gasteiger charge is -2.25. The summed E-state index contributed by atoms with van der Waals surface area (Å²) >= 11 is 0. The average Bonchev–Trinajstić information content (AvgIpc) is 2.93. The Labute approximate surface area is 149 Å². The van der Waals surface area contributed by atoms with E-state index in [0.717, 1.165) is 30.7 Å². The van der Waals surface area contributed by atoms with Crippen LogP contribution in [0.5, 0.6) is 5.75 Å². The van der Waals surface area contributed by atoms with Crippen LogP contribution in [0.2, 0.25) is 0 Å². The van der Waals surface area contributed by atoms with E-state index in [-0.39, 0.29) is 5.91 Å². The summed E-state index contributed by atoms with van der Waals surface area (Å²) in [5.41, 5.74) is 4.41. The van der Waals surface area contributed by atoms with Gasteiger partial charge in [0.1, 0.15) is 5.75 Å². The maximum absolute atomic E-state index is 12.3. The minimum Gasteiger partial charge on any atom is -0.496 e. The van der Waals surface area contributed by atoms with Crippen molar-refractivity contribution in [2.45, 2.75) is 32.7 Å². The number of benzene rings is 2. The van der Waals surface area contributed by atoms with Gasteiger partial charge in [-0.05, 0) is 62.1 Å². The second kappa shape index (κ2) is 7.60. The minimum absolute atomic E-state index is 0.0272. The van der Waals surface area contributed by atoms with Crippen molar-refractivity contribution in [2.75, 3.05) is 25.1 Å². The quantitative estimate of drug-likeness (QED) is 0.819. The number of carbonyl (C=O) groups is 1. The second-order valence-corrected chi connectivity index (χ2v) is 6.67. The molecule has 0 radical (unpaired) electrons. The van der Waals surface area contributed by atoms with E-state index in [1.807, 2.05) is 19.1 Å². The Hall–Kier alpha value is -2.49. The SMILES string of the molecule is COc1ccc(C(=O)NCCCN2c3ccccc3C[C@@H]2C)cc1C. The number of anilines is 1. The summed E-state index contributed by atoms with van der Waals surface area (Å²) in [6.07, 6.45) is 2.03. The van der Waals surface area contributed by atoms with Gasteiger partial charge >= 0.3 is 0 Å². The van der Waals surface area contributed by atoms with Gasteiger partial charge in [0.15, 0.2) is 0 Å². The summed E-state index contributed by atoms with van der Waals surface area (Å²) in [6, 6.07) is 14.6. The van der Waals surface area contributed by atoms with E-state index in [0.29, 0.717) is 18.2 Å². The van der Waals surface area contributed by atoms with Crippen LogP contribution in [0, 0.1) is 6.92 Å². The fourth-order valence-electron chi connectivity index (χ4n) is 3.54. The summed E-state index contributed by atoms with van der Waals surface area (Å²) in [5.74, 6) is 0.777. The van der Waals surface area contributed by atoms with Gasteiger partial charge in [0.25, 0.3) is 5.91 Å². The Balaban J connectivity index is 1.50. The summed E-state index contributed by atoms with van der Waals surface area (Å²) in [7, 11) is 1.64. The van der Waals surface area contributed by atoms with Gasteiger partial charge in [-0.2, -0.15) is 0 Å². The molecule has 2 aromatic carbocycles. The van der Waals surface area contributed by atoms with E-state index in [9.17, 15) is 4.79 Å². The third kappa shape index (κ3) is 3.78. The third-order valence-electron chi connectivity index (χ3n) is 4.87. The predicted molar refractivity (Wildman–Crippen MR) is 102 cm³/mol. The van der Waals surface area contributed by atoms with E-state index >= 15 is 0 Å². The number of aryl methyl sites for hydroxylation is 1. The molecule has 4 heteroatoms. The van der Waals surface area contributed by atoms with Gasteiger partial charge in [-0.1, -0.05) is 18.2 Å². The van der Waals surface area contributed by atoms with E-state index in [2.05, 4.69) is 41.4 Å². The van der Waals surface area contributed by atoms with Gasteiger partial charge in [-0.3, -0.25) is 4.79 Å². The third-order valence-corrected chi connectivity index (χ3v) is 4.87. The molecule has 0 saturated carbocycles. The van der Waals surface area contributed by atoms with E-state index in [4.69, 9.17) is 4.74 Å². The number of nitrogens with zero attached hydrogens (tertiary/aromatic N) is 1. The number of fused-ring (bicyclic) bond motifs is 1. The molecule has 2 aromatic rings. The molecule has 0 aliphatic carbocycles. The van der Waals surface area contributed by atoms with Crippen LogP contribution >= 0.6 is 0 Å². The van der Waals surface area contributed by atoms with Crippen molar-refractivity contribution in [1.82, 2.24) is 5.32 Å². The van der Waals surface area contributed by atoms with Crippen molar-refractivity contribution in [2.24, 2.45) is 0 Å². The molecule has 0 bridgehead atoms. The number of methoxy groups -OCH3 is 1. The monoisotopic (exact) mass is 338 g/mol. The molecule has 0 fully saturated rings. The van der Waals surface area contributed by atoms with E-state index in [1.165, 1.54) is 11.3 Å². The highest BCUT2D eigenvalue weighted by Crippen LogP contribution is 2.31. The average molecular weight is 338 g/mol. The normalized spacial score (nSPS) is 15.8. The van der Waals surface area contributed by atoms with Crippen molar-refractivity contribution in [1.29, 1.82) is 0 Å². The van der Waals surface area contributed by atoms with Crippen LogP contribution < -0.4 is 15.0 Å². The van der Waals surface area contributed by atoms with Crippen LogP contribution in [0.25, 0.3) is 0 Å². The Bertz CT molecular complexity index is 757. The molecule has 0 saturated heterocycles. The molecule has 4 nitrogen and oxygen atoms in total. The first-order chi connectivity index (χ1) is 12.1. The van der Waals surface area contributed by atoms with Gasteiger partial charge in [0.05, 0.1) is 7.11 Å². The minimum atomic E-state index is -0.0272. The second-order valence-electron chi connectivity index (χ2n) is 6.67. The van der Waals surface area contributed by atoms with Crippen LogP contribution in [-0.2, 0) is 6.42 Å². The Morgan fingerprint density at radius 3 is 2.84 bits per heavy atom. The van der Waals surface area contributed by atoms with Gasteiger partial charge in [-0.25, -0.2) is 0 Å². The Morgan fingerprint density at radius 2 is 2.08 bits per heavy atom. The summed E-state index contributed by atoms with van der Waals surface area (Å²) in [4.78, 5) is 14.7. The Kier molecular flexibility index (Phi) is 5.27. The molecule has 0 aromatic heterocycles. The van der Waals surface area contributed by atoms with E-state index < -0.39 is 0 Å². The molecule has 132 valence electrons. The van der Waals surface area contributed by atoms with Gasteiger partial charge < -0.3 is 15.0 Å². The summed E-state index contributed by atoms with van der Waals surface area (Å²) < 4.78 is 5.24. The topological polar surface area (TPSA) is 41.6 Å². The van der Waals surface area contributed by atoms with Gasteiger partial charge in [-0.15, -0.1) is 0 Å². The highest BCUT2D eigenvalue weighted by Gasteiger charge is 2.24. The Morgan fingerprint density at radius 1 is 1.28 bits per heavy atom. The van der Waals surface area contributed by atoms with Crippen LogP contribution in [0.3, 0.4) is 0 Å². The zero-order chi connectivity index (χ0) is 17.8. The van der Waals surface area contributed by atoms with E-state index in [1.54, 1.807) is 13.2 Å². The number of nitrogens with one attached hydrogen (secondary N) is 1. The van der Waals surface area contributed by atoms with Crippen molar-refractivity contribution in [3.63, 3.8) is 0 Å². The lowest BCUT2D eigenvalue weighted by Crippen LogP contribution is -2.33. The highest BCUT2D eigenvalue weighted by atomic mass is 16.5. The molecular weight excluding hydrogens is 312 g/mol. The largest absolute Gasteiger partial charge is 0.496 e. The first-order valence-corrected chi connectivity index (χ1v) is 8.87. The molecule has 1 aliphatic heterocycles. The number of hydrogen-bond donors (Lipinski definition) is 1. The highest BCUT2D eigenvalue weighted by molar-refractivity contribution is 5.94. The molecule has 1 amide bonds. The van der Waals surface area contributed by atoms with Crippen LogP contribution in [-0.4, -0.2) is 32.1 Å². The first kappa shape index (κ1) is 17.3. The van der Waals surface area contributed by atoms with Crippen LogP contribution in [0.1, 0.15) is 34.8 Å². The number of amides is 1. The number of para-hydroxylation sites is 1. The molecule has 0 spiro atoms. The van der Waals surface area contributed by atoms with Crippen molar-refractivity contribution < 1.29 is 9.53 Å². The molecule has 1 N–H and O–H groups in total.